The summed E-state index contributed by atoms with van der Waals surface area (Å²) in [6.07, 6.45) is 6.51. The molecule has 1 saturated heterocycles. The topological polar surface area (TPSA) is 29.9 Å². The minimum atomic E-state index is 0.672. The van der Waals surface area contributed by atoms with Crippen molar-refractivity contribution in [1.82, 2.24) is 14.9 Å². The predicted molar refractivity (Wildman–Crippen MR) is 80.0 cm³/mol. The molecule has 0 unspecified atom stereocenters. The molecular weight excluding hydrogens is 254 g/mol. The van der Waals surface area contributed by atoms with Gasteiger partial charge in [-0.05, 0) is 51.4 Å². The van der Waals surface area contributed by atoms with Crippen molar-refractivity contribution in [3.05, 3.63) is 39.6 Å². The quantitative estimate of drug-likeness (QED) is 0.933. The summed E-state index contributed by atoms with van der Waals surface area (Å²) in [5.41, 5.74) is 2.81. The van der Waals surface area contributed by atoms with Crippen LogP contribution in [0.5, 0.6) is 0 Å². The first-order valence-electron chi connectivity index (χ1n) is 7.00. The summed E-state index contributed by atoms with van der Waals surface area (Å²) in [7, 11) is 0. The highest BCUT2D eigenvalue weighted by Gasteiger charge is 2.19. The first-order chi connectivity index (χ1) is 9.24. The van der Waals surface area contributed by atoms with E-state index in [4.69, 9.17) is 0 Å². The van der Waals surface area contributed by atoms with Crippen molar-refractivity contribution in [2.75, 3.05) is 13.1 Å². The Bertz CT molecular complexity index is 530. The number of nitrogens with one attached hydrogen (secondary N) is 1. The molecule has 1 aliphatic rings. The SMILES string of the molecule is Cc1cc(Cn2cncc2C2CCNCC2)sc1C. The van der Waals surface area contributed by atoms with E-state index >= 15 is 0 Å². The van der Waals surface area contributed by atoms with Crippen LogP contribution in [0, 0.1) is 13.8 Å². The van der Waals surface area contributed by atoms with Crippen molar-refractivity contribution < 1.29 is 0 Å². The first kappa shape index (κ1) is 12.9. The van der Waals surface area contributed by atoms with Crippen molar-refractivity contribution in [3.63, 3.8) is 0 Å². The molecule has 0 aliphatic carbocycles. The molecule has 1 fully saturated rings. The highest BCUT2D eigenvalue weighted by atomic mass is 32.1. The second kappa shape index (κ2) is 5.47. The van der Waals surface area contributed by atoms with Crippen LogP contribution in [0.4, 0.5) is 0 Å². The third-order valence-corrected chi connectivity index (χ3v) is 5.18. The predicted octanol–water partition coefficient (Wildman–Crippen LogP) is 3.08. The Morgan fingerprint density at radius 1 is 1.37 bits per heavy atom. The van der Waals surface area contributed by atoms with Gasteiger partial charge in [-0.25, -0.2) is 4.98 Å². The normalized spacial score (nSPS) is 16.9. The van der Waals surface area contributed by atoms with E-state index in [0.29, 0.717) is 5.92 Å². The molecule has 4 heteroatoms. The highest BCUT2D eigenvalue weighted by Crippen LogP contribution is 2.27. The smallest absolute Gasteiger partial charge is 0.0951 e. The molecule has 3 heterocycles. The summed E-state index contributed by atoms with van der Waals surface area (Å²) in [6, 6.07) is 2.31. The van der Waals surface area contributed by atoms with Crippen LogP contribution in [0.1, 0.15) is 39.8 Å². The van der Waals surface area contributed by atoms with Gasteiger partial charge in [-0.3, -0.25) is 0 Å². The van der Waals surface area contributed by atoms with E-state index in [1.54, 1.807) is 0 Å². The monoisotopic (exact) mass is 275 g/mol. The Labute approximate surface area is 118 Å². The van der Waals surface area contributed by atoms with Crippen LogP contribution in [0.15, 0.2) is 18.6 Å². The maximum Gasteiger partial charge on any atom is 0.0951 e. The summed E-state index contributed by atoms with van der Waals surface area (Å²) >= 11 is 1.91. The largest absolute Gasteiger partial charge is 0.329 e. The lowest BCUT2D eigenvalue weighted by molar-refractivity contribution is 0.442. The molecule has 0 atom stereocenters. The van der Waals surface area contributed by atoms with E-state index in [1.807, 2.05) is 17.7 Å². The van der Waals surface area contributed by atoms with Gasteiger partial charge < -0.3 is 9.88 Å². The fourth-order valence-electron chi connectivity index (χ4n) is 2.82. The van der Waals surface area contributed by atoms with Crippen molar-refractivity contribution in [3.8, 4) is 0 Å². The molecule has 0 aromatic carbocycles. The van der Waals surface area contributed by atoms with Crippen LogP contribution >= 0.6 is 11.3 Å². The van der Waals surface area contributed by atoms with Gasteiger partial charge in [0.05, 0.1) is 12.9 Å². The van der Waals surface area contributed by atoms with Crippen molar-refractivity contribution in [1.29, 1.82) is 0 Å². The van der Waals surface area contributed by atoms with Gasteiger partial charge >= 0.3 is 0 Å². The molecule has 1 N–H and O–H groups in total. The molecule has 19 heavy (non-hydrogen) atoms. The molecule has 0 spiro atoms. The molecule has 2 aromatic rings. The van der Waals surface area contributed by atoms with E-state index in [1.165, 1.54) is 33.9 Å². The molecule has 102 valence electrons. The molecule has 3 nitrogen and oxygen atoms in total. The van der Waals surface area contributed by atoms with Gasteiger partial charge in [0.15, 0.2) is 0 Å². The third kappa shape index (κ3) is 2.74. The number of piperidine rings is 1. The van der Waals surface area contributed by atoms with Gasteiger partial charge in [0.25, 0.3) is 0 Å². The Morgan fingerprint density at radius 2 is 2.16 bits per heavy atom. The Hall–Kier alpha value is -1.13. The number of hydrogen-bond donors (Lipinski definition) is 1. The summed E-state index contributed by atoms with van der Waals surface area (Å²) < 4.78 is 2.33. The zero-order valence-corrected chi connectivity index (χ0v) is 12.5. The van der Waals surface area contributed by atoms with Gasteiger partial charge in [-0.15, -0.1) is 11.3 Å². The molecule has 0 radical (unpaired) electrons. The van der Waals surface area contributed by atoms with Crippen molar-refractivity contribution >= 4 is 11.3 Å². The second-order valence-corrected chi connectivity index (χ2v) is 6.76. The van der Waals surface area contributed by atoms with E-state index < -0.39 is 0 Å². The standard InChI is InChI=1S/C15H21N3S/c1-11-7-14(19-12(11)2)9-18-10-17-8-15(18)13-3-5-16-6-4-13/h7-8,10,13,16H,3-6,9H2,1-2H3. The number of imidazole rings is 1. The Morgan fingerprint density at radius 3 is 2.84 bits per heavy atom. The van der Waals surface area contributed by atoms with Crippen LogP contribution in [-0.2, 0) is 6.54 Å². The maximum absolute atomic E-state index is 4.37. The molecule has 2 aromatic heterocycles. The lowest BCUT2D eigenvalue weighted by Crippen LogP contribution is -2.27. The average Bonchev–Trinajstić information content (AvgIpc) is 2.99. The molecule has 0 bridgehead atoms. The van der Waals surface area contributed by atoms with Crippen LogP contribution in [0.25, 0.3) is 0 Å². The van der Waals surface area contributed by atoms with Crippen molar-refractivity contribution in [2.24, 2.45) is 0 Å². The van der Waals surface area contributed by atoms with E-state index in [-0.39, 0.29) is 0 Å². The molecular formula is C15H21N3S. The lowest BCUT2D eigenvalue weighted by atomic mass is 9.95. The minimum absolute atomic E-state index is 0.672. The van der Waals surface area contributed by atoms with Gasteiger partial charge in [-0.2, -0.15) is 0 Å². The second-order valence-electron chi connectivity index (χ2n) is 5.42. The van der Waals surface area contributed by atoms with Gasteiger partial charge in [0.2, 0.25) is 0 Å². The van der Waals surface area contributed by atoms with Gasteiger partial charge in [-0.1, -0.05) is 0 Å². The number of hydrogen-bond acceptors (Lipinski definition) is 3. The zero-order chi connectivity index (χ0) is 13.2. The summed E-state index contributed by atoms with van der Waals surface area (Å²) in [4.78, 5) is 7.23. The fourth-order valence-corrected chi connectivity index (χ4v) is 3.87. The fraction of sp³-hybridized carbons (Fsp3) is 0.533. The van der Waals surface area contributed by atoms with Crippen LogP contribution in [-0.4, -0.2) is 22.6 Å². The van der Waals surface area contributed by atoms with Gasteiger partial charge in [0.1, 0.15) is 0 Å². The Kier molecular flexibility index (Phi) is 3.71. The molecule has 3 rings (SSSR count). The molecule has 1 aliphatic heterocycles. The molecule has 0 saturated carbocycles. The van der Waals surface area contributed by atoms with Crippen LogP contribution < -0.4 is 5.32 Å². The average molecular weight is 275 g/mol. The summed E-state index contributed by atoms with van der Waals surface area (Å²) in [6.45, 7) is 7.63. The summed E-state index contributed by atoms with van der Waals surface area (Å²) in [5, 5.41) is 3.43. The summed E-state index contributed by atoms with van der Waals surface area (Å²) in [5.74, 6) is 0.672. The number of nitrogens with zero attached hydrogens (tertiary/aromatic N) is 2. The van der Waals surface area contributed by atoms with Crippen LogP contribution in [0.2, 0.25) is 0 Å². The minimum Gasteiger partial charge on any atom is -0.329 e. The number of aryl methyl sites for hydroxylation is 2. The van der Waals surface area contributed by atoms with Crippen LogP contribution in [0.3, 0.4) is 0 Å². The maximum atomic E-state index is 4.37. The van der Waals surface area contributed by atoms with E-state index in [9.17, 15) is 0 Å². The zero-order valence-electron chi connectivity index (χ0n) is 11.6. The highest BCUT2D eigenvalue weighted by molar-refractivity contribution is 7.12. The van der Waals surface area contributed by atoms with E-state index in [0.717, 1.165) is 19.6 Å². The van der Waals surface area contributed by atoms with Crippen molar-refractivity contribution in [2.45, 2.75) is 39.2 Å². The van der Waals surface area contributed by atoms with E-state index in [2.05, 4.69) is 41.0 Å². The lowest BCUT2D eigenvalue weighted by Gasteiger charge is -2.23. The number of rotatable bonds is 3. The third-order valence-electron chi connectivity index (χ3n) is 4.05. The number of thiophene rings is 1. The molecule has 0 amide bonds. The Balaban J connectivity index is 1.79. The number of aromatic nitrogens is 2. The van der Waals surface area contributed by atoms with Gasteiger partial charge in [0, 0.05) is 27.6 Å². The first-order valence-corrected chi connectivity index (χ1v) is 7.82.